The van der Waals surface area contributed by atoms with E-state index >= 15 is 0 Å². The van der Waals surface area contributed by atoms with Crippen molar-refractivity contribution < 1.29 is 4.74 Å². The summed E-state index contributed by atoms with van der Waals surface area (Å²) < 4.78 is 7.42. The van der Waals surface area contributed by atoms with E-state index < -0.39 is 0 Å². The molecule has 3 nitrogen and oxygen atoms in total. The highest BCUT2D eigenvalue weighted by Gasteiger charge is 2.02. The minimum atomic E-state index is 0.620. The maximum atomic E-state index is 5.30. The fraction of sp³-hybridized carbons (Fsp3) is 0.188. The van der Waals surface area contributed by atoms with Crippen LogP contribution in [0.25, 0.3) is 0 Å². The second kappa shape index (κ2) is 7.61. The summed E-state index contributed by atoms with van der Waals surface area (Å²) in [6.07, 6.45) is 1.80. The van der Waals surface area contributed by atoms with E-state index in [-0.39, 0.29) is 0 Å². The fourth-order valence-corrected chi connectivity index (χ4v) is 3.06. The maximum Gasteiger partial charge on any atom is 0.123 e. The van der Waals surface area contributed by atoms with Crippen molar-refractivity contribution in [1.82, 2.24) is 5.43 Å². The molecular weight excluding hydrogens is 396 g/mol. The van der Waals surface area contributed by atoms with E-state index in [4.69, 9.17) is 4.74 Å². The molecule has 0 saturated carbocycles. The lowest BCUT2D eigenvalue weighted by Crippen LogP contribution is -2.06. The predicted octanol–water partition coefficient (Wildman–Crippen LogP) is 4.65. The van der Waals surface area contributed by atoms with Gasteiger partial charge in [0, 0.05) is 14.5 Å². The third kappa shape index (κ3) is 4.32. The molecule has 2 aromatic carbocycles. The molecule has 0 aliphatic heterocycles. The molecule has 2 rings (SSSR count). The number of nitrogens with one attached hydrogen (secondary N) is 1. The number of methoxy groups -OCH3 is 1. The Bertz CT molecular complexity index is 633. The standard InChI is InChI=1S/C16H16Br2N2O/c1-11-14(17)7-12(8-15(11)18)9-19-20-10-13-5-3-4-6-16(13)21-2/h3-9,20H,10H2,1-2H3/b19-9+. The van der Waals surface area contributed by atoms with E-state index in [0.29, 0.717) is 6.54 Å². The van der Waals surface area contributed by atoms with E-state index in [2.05, 4.69) is 49.3 Å². The summed E-state index contributed by atoms with van der Waals surface area (Å²) in [6, 6.07) is 12.0. The molecule has 0 aliphatic rings. The van der Waals surface area contributed by atoms with E-state index in [0.717, 1.165) is 25.8 Å². The average Bonchev–Trinajstić information content (AvgIpc) is 2.49. The zero-order valence-corrected chi connectivity index (χ0v) is 15.0. The molecule has 0 heterocycles. The smallest absolute Gasteiger partial charge is 0.123 e. The summed E-state index contributed by atoms with van der Waals surface area (Å²) in [7, 11) is 1.67. The van der Waals surface area contributed by atoms with Crippen molar-refractivity contribution in [2.24, 2.45) is 5.10 Å². The molecule has 1 N–H and O–H groups in total. The molecule has 0 aliphatic carbocycles. The third-order valence-corrected chi connectivity index (χ3v) is 4.72. The highest BCUT2D eigenvalue weighted by Crippen LogP contribution is 2.25. The highest BCUT2D eigenvalue weighted by molar-refractivity contribution is 9.11. The van der Waals surface area contributed by atoms with Crippen molar-refractivity contribution in [2.75, 3.05) is 7.11 Å². The zero-order chi connectivity index (χ0) is 15.2. The number of nitrogens with zero attached hydrogens (tertiary/aromatic N) is 1. The van der Waals surface area contributed by atoms with Gasteiger partial charge in [0.2, 0.25) is 0 Å². The molecule has 0 unspecified atom stereocenters. The first-order valence-electron chi connectivity index (χ1n) is 6.45. The van der Waals surface area contributed by atoms with Gasteiger partial charge in [-0.05, 0) is 36.2 Å². The summed E-state index contributed by atoms with van der Waals surface area (Å²) in [6.45, 7) is 2.67. The molecule has 0 aromatic heterocycles. The lowest BCUT2D eigenvalue weighted by atomic mass is 10.2. The molecule has 0 amide bonds. The van der Waals surface area contributed by atoms with Crippen molar-refractivity contribution in [3.8, 4) is 5.75 Å². The van der Waals surface area contributed by atoms with Gasteiger partial charge < -0.3 is 10.2 Å². The molecule has 0 spiro atoms. The van der Waals surface area contributed by atoms with Crippen LogP contribution in [0.2, 0.25) is 0 Å². The van der Waals surface area contributed by atoms with Gasteiger partial charge in [-0.25, -0.2) is 0 Å². The Labute approximate surface area is 141 Å². The van der Waals surface area contributed by atoms with Gasteiger partial charge in [0.05, 0.1) is 19.9 Å². The summed E-state index contributed by atoms with van der Waals surface area (Å²) in [5.74, 6) is 0.862. The van der Waals surface area contributed by atoms with Gasteiger partial charge in [0.25, 0.3) is 0 Å². The number of para-hydroxylation sites is 1. The van der Waals surface area contributed by atoms with Crippen LogP contribution in [-0.2, 0) is 6.54 Å². The first-order valence-corrected chi connectivity index (χ1v) is 8.04. The molecule has 0 bridgehead atoms. The summed E-state index contributed by atoms with van der Waals surface area (Å²) in [4.78, 5) is 0. The van der Waals surface area contributed by atoms with E-state index in [1.807, 2.05) is 36.4 Å². The van der Waals surface area contributed by atoms with Gasteiger partial charge in [0.15, 0.2) is 0 Å². The quantitative estimate of drug-likeness (QED) is 0.573. The Balaban J connectivity index is 2.00. The molecule has 0 atom stereocenters. The number of hydrogen-bond donors (Lipinski definition) is 1. The van der Waals surface area contributed by atoms with E-state index in [9.17, 15) is 0 Å². The molecule has 0 saturated heterocycles. The van der Waals surface area contributed by atoms with Gasteiger partial charge >= 0.3 is 0 Å². The fourth-order valence-electron chi connectivity index (χ4n) is 1.84. The van der Waals surface area contributed by atoms with Crippen LogP contribution in [0.3, 0.4) is 0 Å². The van der Waals surface area contributed by atoms with Crippen LogP contribution in [0, 0.1) is 6.92 Å². The first kappa shape index (κ1) is 16.0. The van der Waals surface area contributed by atoms with Gasteiger partial charge in [-0.1, -0.05) is 50.1 Å². The topological polar surface area (TPSA) is 33.6 Å². The molecule has 5 heteroatoms. The van der Waals surface area contributed by atoms with Crippen molar-refractivity contribution in [3.05, 3.63) is 62.0 Å². The van der Waals surface area contributed by atoms with Gasteiger partial charge in [-0.15, -0.1) is 0 Å². The average molecular weight is 412 g/mol. The third-order valence-electron chi connectivity index (χ3n) is 3.07. The van der Waals surface area contributed by atoms with E-state index in [1.165, 1.54) is 5.56 Å². The summed E-state index contributed by atoms with van der Waals surface area (Å²) in [5.41, 5.74) is 6.31. The first-order chi connectivity index (χ1) is 10.1. The van der Waals surface area contributed by atoms with Crippen molar-refractivity contribution >= 4 is 38.1 Å². The highest BCUT2D eigenvalue weighted by atomic mass is 79.9. The second-order valence-corrected chi connectivity index (χ2v) is 6.22. The summed E-state index contributed by atoms with van der Waals surface area (Å²) >= 11 is 7.07. The molecular formula is C16H16Br2N2O. The van der Waals surface area contributed by atoms with Crippen LogP contribution in [0.4, 0.5) is 0 Å². The van der Waals surface area contributed by atoms with Gasteiger partial charge in [-0.2, -0.15) is 5.10 Å². The molecule has 110 valence electrons. The van der Waals surface area contributed by atoms with Crippen LogP contribution in [0.5, 0.6) is 5.75 Å². The second-order valence-electron chi connectivity index (χ2n) is 4.51. The zero-order valence-electron chi connectivity index (χ0n) is 11.9. The van der Waals surface area contributed by atoms with Crippen LogP contribution in [-0.4, -0.2) is 13.3 Å². The van der Waals surface area contributed by atoms with Crippen molar-refractivity contribution in [3.63, 3.8) is 0 Å². The number of rotatable bonds is 5. The lowest BCUT2D eigenvalue weighted by Gasteiger charge is -2.07. The maximum absolute atomic E-state index is 5.30. The van der Waals surface area contributed by atoms with Crippen LogP contribution in [0.15, 0.2) is 50.4 Å². The minimum absolute atomic E-state index is 0.620. The Morgan fingerprint density at radius 3 is 2.52 bits per heavy atom. The Morgan fingerprint density at radius 2 is 1.86 bits per heavy atom. The normalized spacial score (nSPS) is 10.9. The van der Waals surface area contributed by atoms with Crippen molar-refractivity contribution in [1.29, 1.82) is 0 Å². The van der Waals surface area contributed by atoms with E-state index in [1.54, 1.807) is 13.3 Å². The Hall–Kier alpha value is -1.33. The Morgan fingerprint density at radius 1 is 1.19 bits per heavy atom. The Kier molecular flexibility index (Phi) is 5.82. The molecule has 2 aromatic rings. The SMILES string of the molecule is COc1ccccc1CN/N=C/c1cc(Br)c(C)c(Br)c1. The summed E-state index contributed by atoms with van der Waals surface area (Å²) in [5, 5.41) is 4.25. The van der Waals surface area contributed by atoms with Crippen molar-refractivity contribution in [2.45, 2.75) is 13.5 Å². The number of hydrogen-bond acceptors (Lipinski definition) is 3. The molecule has 21 heavy (non-hydrogen) atoms. The monoisotopic (exact) mass is 410 g/mol. The van der Waals surface area contributed by atoms with Crippen LogP contribution < -0.4 is 10.2 Å². The van der Waals surface area contributed by atoms with Gasteiger partial charge in [-0.3, -0.25) is 0 Å². The minimum Gasteiger partial charge on any atom is -0.496 e. The number of halogens is 2. The van der Waals surface area contributed by atoms with Crippen LogP contribution >= 0.6 is 31.9 Å². The van der Waals surface area contributed by atoms with Crippen LogP contribution in [0.1, 0.15) is 16.7 Å². The number of hydrazone groups is 1. The molecule has 0 radical (unpaired) electrons. The lowest BCUT2D eigenvalue weighted by molar-refractivity contribution is 0.408. The number of ether oxygens (including phenoxy) is 1. The largest absolute Gasteiger partial charge is 0.496 e. The van der Waals surface area contributed by atoms with Gasteiger partial charge in [0.1, 0.15) is 5.75 Å². The predicted molar refractivity (Wildman–Crippen MR) is 94.0 cm³/mol. The molecule has 0 fully saturated rings. The number of benzene rings is 2.